The average Bonchev–Trinajstić information content (AvgIpc) is 2.76. The molecule has 0 heterocycles. The first-order valence-corrected chi connectivity index (χ1v) is 4.43. The molecule has 1 atom stereocenters. The highest BCUT2D eigenvalue weighted by Gasteiger charge is 2.49. The number of hydrogen-bond acceptors (Lipinski definition) is 1. The third kappa shape index (κ3) is 1.21. The second-order valence-corrected chi connectivity index (χ2v) is 3.81. The van der Waals surface area contributed by atoms with Crippen molar-refractivity contribution in [3.05, 3.63) is 48.0 Å². The second-order valence-electron chi connectivity index (χ2n) is 3.81. The molecule has 13 heavy (non-hydrogen) atoms. The molecule has 0 amide bonds. The maximum absolute atomic E-state index is 11.9. The van der Waals surface area contributed by atoms with Gasteiger partial charge in [0.05, 0.1) is 5.41 Å². The number of allylic oxidation sites excluding steroid dienone is 1. The second kappa shape index (κ2) is 2.56. The number of Topliss-reactive ketones (excluding diaryl/α,β-unsaturated/α-hetero) is 1. The first-order chi connectivity index (χ1) is 6.14. The zero-order chi connectivity index (χ0) is 9.47. The molecular formula is C12H12O. The van der Waals surface area contributed by atoms with E-state index in [0.717, 1.165) is 17.6 Å². The average molecular weight is 172 g/mol. The van der Waals surface area contributed by atoms with Gasteiger partial charge in [-0.05, 0) is 13.3 Å². The van der Waals surface area contributed by atoms with Gasteiger partial charge in [0.2, 0.25) is 0 Å². The minimum Gasteiger partial charge on any atom is -0.293 e. The zero-order valence-electron chi connectivity index (χ0n) is 7.71. The van der Waals surface area contributed by atoms with Crippen molar-refractivity contribution in [2.45, 2.75) is 13.3 Å². The fourth-order valence-electron chi connectivity index (χ4n) is 1.53. The van der Waals surface area contributed by atoms with Gasteiger partial charge in [0.25, 0.3) is 0 Å². The van der Waals surface area contributed by atoms with Crippen molar-refractivity contribution < 1.29 is 4.79 Å². The predicted molar refractivity (Wildman–Crippen MR) is 52.6 cm³/mol. The molecule has 0 radical (unpaired) electrons. The quantitative estimate of drug-likeness (QED) is 0.495. The summed E-state index contributed by atoms with van der Waals surface area (Å²) in [5.41, 5.74) is 1.59. The highest BCUT2D eigenvalue weighted by molar-refractivity contribution is 6.05. The molecule has 1 fully saturated rings. The third-order valence-electron chi connectivity index (χ3n) is 2.76. The molecule has 1 nitrogen and oxygen atoms in total. The van der Waals surface area contributed by atoms with Crippen LogP contribution in [0.1, 0.15) is 23.7 Å². The summed E-state index contributed by atoms with van der Waals surface area (Å²) in [5.74, 6) is 0.207. The minimum absolute atomic E-state index is 0.207. The predicted octanol–water partition coefficient (Wildman–Crippen LogP) is 2.84. The molecule has 1 aromatic rings. The molecule has 1 aromatic carbocycles. The summed E-state index contributed by atoms with van der Waals surface area (Å²) < 4.78 is 0. The summed E-state index contributed by atoms with van der Waals surface area (Å²) in [4.78, 5) is 11.9. The number of hydrogen-bond donors (Lipinski definition) is 0. The van der Waals surface area contributed by atoms with Crippen LogP contribution in [0.15, 0.2) is 42.5 Å². The maximum Gasteiger partial charge on any atom is 0.173 e. The minimum atomic E-state index is -0.263. The number of carbonyl (C=O) groups is 1. The molecule has 0 spiro atoms. The molecule has 0 saturated heterocycles. The lowest BCUT2D eigenvalue weighted by atomic mass is 9.96. The first-order valence-electron chi connectivity index (χ1n) is 4.43. The lowest BCUT2D eigenvalue weighted by Gasteiger charge is -2.05. The van der Waals surface area contributed by atoms with E-state index in [2.05, 4.69) is 6.58 Å². The molecule has 2 rings (SSSR count). The van der Waals surface area contributed by atoms with Gasteiger partial charge in [-0.15, -0.1) is 0 Å². The highest BCUT2D eigenvalue weighted by Crippen LogP contribution is 2.52. The maximum atomic E-state index is 11.9. The van der Waals surface area contributed by atoms with E-state index >= 15 is 0 Å². The Morgan fingerprint density at radius 1 is 1.38 bits per heavy atom. The summed E-state index contributed by atoms with van der Waals surface area (Å²) in [7, 11) is 0. The van der Waals surface area contributed by atoms with Gasteiger partial charge in [0, 0.05) is 5.56 Å². The highest BCUT2D eigenvalue weighted by atomic mass is 16.1. The van der Waals surface area contributed by atoms with E-state index in [4.69, 9.17) is 0 Å². The van der Waals surface area contributed by atoms with Crippen molar-refractivity contribution >= 4 is 5.78 Å². The summed E-state index contributed by atoms with van der Waals surface area (Å²) in [6.07, 6.45) is 0.848. The van der Waals surface area contributed by atoms with Crippen LogP contribution in [0.4, 0.5) is 0 Å². The molecule has 1 unspecified atom stereocenters. The van der Waals surface area contributed by atoms with Crippen LogP contribution in [0, 0.1) is 5.41 Å². The first kappa shape index (κ1) is 8.24. The summed E-state index contributed by atoms with van der Waals surface area (Å²) in [6.45, 7) is 5.81. The van der Waals surface area contributed by atoms with Gasteiger partial charge < -0.3 is 0 Å². The van der Waals surface area contributed by atoms with Crippen LogP contribution in [0.5, 0.6) is 0 Å². The van der Waals surface area contributed by atoms with E-state index < -0.39 is 0 Å². The van der Waals surface area contributed by atoms with E-state index in [-0.39, 0.29) is 11.2 Å². The van der Waals surface area contributed by atoms with Crippen LogP contribution >= 0.6 is 0 Å². The van der Waals surface area contributed by atoms with E-state index in [1.165, 1.54) is 0 Å². The molecule has 0 aromatic heterocycles. The molecule has 1 saturated carbocycles. The standard InChI is InChI=1S/C12H12O/c1-9-8-12(9,2)11(13)10-6-4-3-5-7-10/h3-7H,1,8H2,2H3. The van der Waals surface area contributed by atoms with Gasteiger partial charge in [-0.2, -0.15) is 0 Å². The number of ketones is 1. The summed E-state index contributed by atoms with van der Waals surface area (Å²) in [6, 6.07) is 9.42. The third-order valence-corrected chi connectivity index (χ3v) is 2.76. The Kier molecular flexibility index (Phi) is 1.62. The van der Waals surface area contributed by atoms with Gasteiger partial charge in [0.15, 0.2) is 5.78 Å². The van der Waals surface area contributed by atoms with Crippen LogP contribution < -0.4 is 0 Å². The number of benzene rings is 1. The normalized spacial score (nSPS) is 25.8. The molecule has 0 bridgehead atoms. The SMILES string of the molecule is C=C1CC1(C)C(=O)c1ccccc1. The Hall–Kier alpha value is -1.37. The lowest BCUT2D eigenvalue weighted by molar-refractivity contribution is 0.0921. The molecule has 0 N–H and O–H groups in total. The van der Waals surface area contributed by atoms with Crippen molar-refractivity contribution in [1.29, 1.82) is 0 Å². The smallest absolute Gasteiger partial charge is 0.173 e. The van der Waals surface area contributed by atoms with Crippen molar-refractivity contribution in [3.8, 4) is 0 Å². The summed E-state index contributed by atoms with van der Waals surface area (Å²) in [5, 5.41) is 0. The molecule has 66 valence electrons. The topological polar surface area (TPSA) is 17.1 Å². The van der Waals surface area contributed by atoms with Crippen molar-refractivity contribution in [2.24, 2.45) is 5.41 Å². The van der Waals surface area contributed by atoms with E-state index in [1.54, 1.807) is 0 Å². The van der Waals surface area contributed by atoms with E-state index in [9.17, 15) is 4.79 Å². The fraction of sp³-hybridized carbons (Fsp3) is 0.250. The monoisotopic (exact) mass is 172 g/mol. The number of rotatable bonds is 2. The molecular weight excluding hydrogens is 160 g/mol. The largest absolute Gasteiger partial charge is 0.293 e. The van der Waals surface area contributed by atoms with Gasteiger partial charge in [-0.3, -0.25) is 4.79 Å². The Labute approximate surface area is 78.1 Å². The van der Waals surface area contributed by atoms with Crippen LogP contribution in [0.2, 0.25) is 0 Å². The van der Waals surface area contributed by atoms with Crippen molar-refractivity contribution in [1.82, 2.24) is 0 Å². The lowest BCUT2D eigenvalue weighted by Crippen LogP contribution is -2.11. The van der Waals surface area contributed by atoms with Crippen LogP contribution in [-0.2, 0) is 0 Å². The van der Waals surface area contributed by atoms with Crippen LogP contribution in [0.3, 0.4) is 0 Å². The number of carbonyl (C=O) groups excluding carboxylic acids is 1. The molecule has 1 aliphatic carbocycles. The molecule has 0 aliphatic heterocycles. The van der Waals surface area contributed by atoms with Gasteiger partial charge in [-0.25, -0.2) is 0 Å². The van der Waals surface area contributed by atoms with Gasteiger partial charge in [-0.1, -0.05) is 42.5 Å². The Morgan fingerprint density at radius 2 is 1.92 bits per heavy atom. The van der Waals surface area contributed by atoms with Crippen molar-refractivity contribution in [3.63, 3.8) is 0 Å². The Morgan fingerprint density at radius 3 is 2.38 bits per heavy atom. The van der Waals surface area contributed by atoms with Crippen LogP contribution in [-0.4, -0.2) is 5.78 Å². The van der Waals surface area contributed by atoms with Crippen LogP contribution in [0.25, 0.3) is 0 Å². The molecule has 1 aliphatic rings. The summed E-state index contributed by atoms with van der Waals surface area (Å²) >= 11 is 0. The van der Waals surface area contributed by atoms with E-state index in [0.29, 0.717) is 0 Å². The zero-order valence-corrected chi connectivity index (χ0v) is 7.71. The van der Waals surface area contributed by atoms with E-state index in [1.807, 2.05) is 37.3 Å². The van der Waals surface area contributed by atoms with Gasteiger partial charge >= 0.3 is 0 Å². The fourth-order valence-corrected chi connectivity index (χ4v) is 1.53. The molecule has 1 heteroatoms. The van der Waals surface area contributed by atoms with Crippen molar-refractivity contribution in [2.75, 3.05) is 0 Å². The Balaban J connectivity index is 2.30. The Bertz CT molecular complexity index is 364. The van der Waals surface area contributed by atoms with Gasteiger partial charge in [0.1, 0.15) is 0 Å².